The van der Waals surface area contributed by atoms with Gasteiger partial charge in [-0.3, -0.25) is 4.79 Å². The predicted octanol–water partition coefficient (Wildman–Crippen LogP) is 4.08. The molecule has 0 heterocycles. The number of benzene rings is 3. The van der Waals surface area contributed by atoms with Crippen LogP contribution in [-0.4, -0.2) is 39.4 Å². The molecule has 180 valence electrons. The second kappa shape index (κ2) is 11.2. The molecule has 7 nitrogen and oxygen atoms in total. The minimum atomic E-state index is -4.05. The fourth-order valence-corrected chi connectivity index (χ4v) is 5.31. The summed E-state index contributed by atoms with van der Waals surface area (Å²) in [4.78, 5) is 13.1. The molecule has 3 aromatic carbocycles. The first-order chi connectivity index (χ1) is 16.3. The van der Waals surface area contributed by atoms with Crippen molar-refractivity contribution in [3.8, 4) is 11.5 Å². The number of carbonyl (C=O) groups is 1. The van der Waals surface area contributed by atoms with E-state index in [1.165, 1.54) is 11.4 Å². The molecule has 1 unspecified atom stereocenters. The van der Waals surface area contributed by atoms with Crippen LogP contribution < -0.4 is 14.8 Å². The van der Waals surface area contributed by atoms with E-state index in [-0.39, 0.29) is 29.8 Å². The highest BCUT2D eigenvalue weighted by molar-refractivity contribution is 7.89. The number of ether oxygens (including phenoxy) is 2. The van der Waals surface area contributed by atoms with Gasteiger partial charge in [-0.15, -0.1) is 0 Å². The highest BCUT2D eigenvalue weighted by Crippen LogP contribution is 2.29. The Balaban J connectivity index is 1.90. The Labute approximate surface area is 201 Å². The maximum atomic E-state index is 13.7. The summed E-state index contributed by atoms with van der Waals surface area (Å²) in [5.74, 6) is 0.449. The Morgan fingerprint density at radius 3 is 2.26 bits per heavy atom. The number of carbonyl (C=O) groups excluding carboxylic acids is 1. The summed E-state index contributed by atoms with van der Waals surface area (Å²) in [6.07, 6.45) is 0. The van der Waals surface area contributed by atoms with Crippen LogP contribution in [0.3, 0.4) is 0 Å². The molecule has 34 heavy (non-hydrogen) atoms. The van der Waals surface area contributed by atoms with Crippen LogP contribution in [0.2, 0.25) is 0 Å². The van der Waals surface area contributed by atoms with Crippen LogP contribution in [0.4, 0.5) is 0 Å². The van der Waals surface area contributed by atoms with Crippen LogP contribution in [0, 0.1) is 6.92 Å². The van der Waals surface area contributed by atoms with Crippen LogP contribution in [-0.2, 0) is 21.4 Å². The minimum Gasteiger partial charge on any atom is -0.496 e. The third-order valence-electron chi connectivity index (χ3n) is 5.44. The maximum Gasteiger partial charge on any atom is 0.247 e. The summed E-state index contributed by atoms with van der Waals surface area (Å²) in [6.45, 7) is 3.32. The molecule has 0 saturated heterocycles. The molecule has 0 aliphatic carbocycles. The first-order valence-corrected chi connectivity index (χ1v) is 12.3. The lowest BCUT2D eigenvalue weighted by Gasteiger charge is -2.24. The van der Waals surface area contributed by atoms with Gasteiger partial charge in [0.05, 0.1) is 26.8 Å². The van der Waals surface area contributed by atoms with Crippen molar-refractivity contribution in [3.63, 3.8) is 0 Å². The lowest BCUT2D eigenvalue weighted by molar-refractivity contribution is -0.122. The number of amides is 1. The fraction of sp³-hybridized carbons (Fsp3) is 0.269. The van der Waals surface area contributed by atoms with Crippen LogP contribution in [0.1, 0.15) is 29.7 Å². The zero-order chi connectivity index (χ0) is 24.7. The Kier molecular flexibility index (Phi) is 8.31. The zero-order valence-electron chi connectivity index (χ0n) is 19.8. The van der Waals surface area contributed by atoms with E-state index >= 15 is 0 Å². The van der Waals surface area contributed by atoms with Crippen molar-refractivity contribution in [2.24, 2.45) is 0 Å². The van der Waals surface area contributed by atoms with E-state index in [4.69, 9.17) is 9.47 Å². The molecule has 0 saturated carbocycles. The smallest absolute Gasteiger partial charge is 0.247 e. The molecule has 0 spiro atoms. The minimum absolute atomic E-state index is 0.0245. The number of methoxy groups -OCH3 is 2. The predicted molar refractivity (Wildman–Crippen MR) is 131 cm³/mol. The van der Waals surface area contributed by atoms with Gasteiger partial charge in [-0.1, -0.05) is 54.6 Å². The molecule has 3 rings (SSSR count). The second-order valence-electron chi connectivity index (χ2n) is 7.94. The fourth-order valence-electron chi connectivity index (χ4n) is 3.69. The SMILES string of the molecule is COc1ccccc1C(C)NC(=O)CN(Cc1ccccc1)S(=O)(=O)c1cc(C)ccc1OC. The zero-order valence-corrected chi connectivity index (χ0v) is 20.6. The van der Waals surface area contributed by atoms with Crippen molar-refractivity contribution in [2.75, 3.05) is 20.8 Å². The van der Waals surface area contributed by atoms with Crippen LogP contribution >= 0.6 is 0 Å². The lowest BCUT2D eigenvalue weighted by atomic mass is 10.1. The summed E-state index contributed by atoms with van der Waals surface area (Å²) in [7, 11) is -1.06. The number of sulfonamides is 1. The molecule has 0 bridgehead atoms. The van der Waals surface area contributed by atoms with Gasteiger partial charge in [-0.25, -0.2) is 8.42 Å². The number of nitrogens with one attached hydrogen (secondary N) is 1. The van der Waals surface area contributed by atoms with Crippen LogP contribution in [0.25, 0.3) is 0 Å². The first kappa shape index (κ1) is 25.3. The van der Waals surface area contributed by atoms with Crippen LogP contribution in [0.15, 0.2) is 77.7 Å². The number of nitrogens with zero attached hydrogens (tertiary/aromatic N) is 1. The van der Waals surface area contributed by atoms with Gasteiger partial charge in [0.2, 0.25) is 15.9 Å². The van der Waals surface area contributed by atoms with Gasteiger partial charge in [-0.05, 0) is 43.2 Å². The van der Waals surface area contributed by atoms with E-state index < -0.39 is 15.9 Å². The molecule has 3 aromatic rings. The van der Waals surface area contributed by atoms with Crippen molar-refractivity contribution in [1.82, 2.24) is 9.62 Å². The van der Waals surface area contributed by atoms with Gasteiger partial charge < -0.3 is 14.8 Å². The van der Waals surface area contributed by atoms with Gasteiger partial charge >= 0.3 is 0 Å². The third-order valence-corrected chi connectivity index (χ3v) is 7.25. The van der Waals surface area contributed by atoms with E-state index in [0.29, 0.717) is 5.75 Å². The molecular weight excluding hydrogens is 452 g/mol. The molecular formula is C26H30N2O5S. The summed E-state index contributed by atoms with van der Waals surface area (Å²) in [6, 6.07) is 21.1. The van der Waals surface area contributed by atoms with Gasteiger partial charge in [-0.2, -0.15) is 4.31 Å². The highest BCUT2D eigenvalue weighted by Gasteiger charge is 2.30. The molecule has 0 aromatic heterocycles. The van der Waals surface area contributed by atoms with Crippen molar-refractivity contribution < 1.29 is 22.7 Å². The maximum absolute atomic E-state index is 13.7. The summed E-state index contributed by atoms with van der Waals surface area (Å²) in [5, 5.41) is 2.89. The van der Waals surface area contributed by atoms with Crippen molar-refractivity contribution >= 4 is 15.9 Å². The Morgan fingerprint density at radius 2 is 1.59 bits per heavy atom. The number of para-hydroxylation sites is 1. The third kappa shape index (κ3) is 5.95. The first-order valence-electron chi connectivity index (χ1n) is 10.9. The van der Waals surface area contributed by atoms with E-state index in [2.05, 4.69) is 5.32 Å². The van der Waals surface area contributed by atoms with Gasteiger partial charge in [0.15, 0.2) is 0 Å². The summed E-state index contributed by atoms with van der Waals surface area (Å²) >= 11 is 0. The van der Waals surface area contributed by atoms with E-state index in [9.17, 15) is 13.2 Å². The average Bonchev–Trinajstić information content (AvgIpc) is 2.84. The second-order valence-corrected chi connectivity index (χ2v) is 9.85. The summed E-state index contributed by atoms with van der Waals surface area (Å²) < 4.78 is 39.3. The normalized spacial score (nSPS) is 12.3. The van der Waals surface area contributed by atoms with Gasteiger partial charge in [0.1, 0.15) is 16.4 Å². The quantitative estimate of drug-likeness (QED) is 0.471. The monoisotopic (exact) mass is 482 g/mol. The molecule has 1 atom stereocenters. The Hall–Kier alpha value is -3.36. The molecule has 8 heteroatoms. The number of rotatable bonds is 10. The van der Waals surface area contributed by atoms with Crippen LogP contribution in [0.5, 0.6) is 11.5 Å². The van der Waals surface area contributed by atoms with Crippen molar-refractivity contribution in [3.05, 3.63) is 89.5 Å². The van der Waals surface area contributed by atoms with Gasteiger partial charge in [0, 0.05) is 12.1 Å². The number of hydrogen-bond acceptors (Lipinski definition) is 5. The average molecular weight is 483 g/mol. The molecule has 0 fully saturated rings. The Bertz CT molecular complexity index is 1230. The lowest BCUT2D eigenvalue weighted by Crippen LogP contribution is -2.41. The molecule has 0 aliphatic rings. The molecule has 0 aliphatic heterocycles. The molecule has 1 amide bonds. The van der Waals surface area contributed by atoms with E-state index in [1.54, 1.807) is 25.3 Å². The summed E-state index contributed by atoms with van der Waals surface area (Å²) in [5.41, 5.74) is 2.34. The standard InChI is InChI=1S/C26H30N2O5S/c1-19-14-15-24(33-4)25(16-19)34(30,31)28(17-21-10-6-5-7-11-21)18-26(29)27-20(2)22-12-8-9-13-23(22)32-3/h5-16,20H,17-18H2,1-4H3,(H,27,29). The van der Waals surface area contributed by atoms with E-state index in [0.717, 1.165) is 16.7 Å². The topological polar surface area (TPSA) is 84.9 Å². The number of aryl methyl sites for hydroxylation is 1. The van der Waals surface area contributed by atoms with Crippen molar-refractivity contribution in [2.45, 2.75) is 31.3 Å². The Morgan fingerprint density at radius 1 is 0.941 bits per heavy atom. The van der Waals surface area contributed by atoms with Gasteiger partial charge in [0.25, 0.3) is 0 Å². The van der Waals surface area contributed by atoms with Crippen molar-refractivity contribution in [1.29, 1.82) is 0 Å². The molecule has 1 N–H and O–H groups in total. The highest BCUT2D eigenvalue weighted by atomic mass is 32.2. The van der Waals surface area contributed by atoms with E-state index in [1.807, 2.05) is 68.4 Å². The molecule has 0 radical (unpaired) electrons. The number of hydrogen-bond donors (Lipinski definition) is 1. The largest absolute Gasteiger partial charge is 0.496 e.